The first-order valence-corrected chi connectivity index (χ1v) is 24.2. The van der Waals surface area contributed by atoms with Crippen LogP contribution in [0.2, 0.25) is 51.4 Å². The number of hydrogen-bond acceptors (Lipinski definition) is 7. The number of nitrogens with zero attached hydrogens (tertiary/aromatic N) is 6. The molecule has 250 valence electrons. The molecule has 0 amide bonds. The fourth-order valence-corrected chi connectivity index (χ4v) is 7.21. The molecule has 0 unspecified atom stereocenters. The minimum atomic E-state index is -1.28. The predicted octanol–water partition coefficient (Wildman–Crippen LogP) is 8.15. The Labute approximate surface area is 281 Å². The molecule has 9 nitrogen and oxygen atoms in total. The lowest BCUT2D eigenvalue weighted by atomic mass is 9.82. The van der Waals surface area contributed by atoms with Crippen molar-refractivity contribution in [3.05, 3.63) is 78.0 Å². The molecule has 0 saturated heterocycles. The first kappa shape index (κ1) is 34.9. The zero-order chi connectivity index (χ0) is 33.7. The van der Waals surface area contributed by atoms with Gasteiger partial charge in [-0.1, -0.05) is 75.7 Å². The normalized spacial score (nSPS) is 18.7. The van der Waals surface area contributed by atoms with Crippen LogP contribution in [0.3, 0.4) is 0 Å². The van der Waals surface area contributed by atoms with Gasteiger partial charge in [0.1, 0.15) is 19.3 Å². The highest BCUT2D eigenvalue weighted by Crippen LogP contribution is 2.40. The van der Waals surface area contributed by atoms with E-state index < -0.39 is 21.9 Å². The summed E-state index contributed by atoms with van der Waals surface area (Å²) in [5.41, 5.74) is 4.21. The van der Waals surface area contributed by atoms with E-state index in [9.17, 15) is 5.11 Å². The van der Waals surface area contributed by atoms with E-state index in [-0.39, 0.29) is 5.92 Å². The van der Waals surface area contributed by atoms with Crippen molar-refractivity contribution in [2.24, 2.45) is 0 Å². The van der Waals surface area contributed by atoms with Gasteiger partial charge in [-0.05, 0) is 31.0 Å². The molecule has 1 aliphatic rings. The summed E-state index contributed by atoms with van der Waals surface area (Å²) in [4.78, 5) is 15.6. The number of pyridine rings is 1. The van der Waals surface area contributed by atoms with E-state index in [0.29, 0.717) is 52.4 Å². The van der Waals surface area contributed by atoms with Crippen LogP contribution in [0.15, 0.2) is 60.9 Å². The molecule has 1 fully saturated rings. The SMILES string of the molecule is [C-]#[N+]C1(O)CCC(c2cc(N(COCC[Si](C)(C)C)COCC[Si](C)(C)C)n3ncc(-c4ccc(-c5ccccc5)nc4)c3n2)CC1. The maximum Gasteiger partial charge on any atom is 0.334 e. The van der Waals surface area contributed by atoms with Crippen LogP contribution in [-0.2, 0) is 9.47 Å². The molecule has 5 rings (SSSR count). The molecule has 1 aliphatic carbocycles. The zero-order valence-corrected chi connectivity index (χ0v) is 30.9. The highest BCUT2D eigenvalue weighted by molar-refractivity contribution is 6.76. The summed E-state index contributed by atoms with van der Waals surface area (Å²) < 4.78 is 14.5. The van der Waals surface area contributed by atoms with Gasteiger partial charge in [0.25, 0.3) is 0 Å². The minimum absolute atomic E-state index is 0.115. The van der Waals surface area contributed by atoms with E-state index in [1.165, 1.54) is 0 Å². The van der Waals surface area contributed by atoms with Gasteiger partial charge in [0.15, 0.2) is 5.65 Å². The third-order valence-corrected chi connectivity index (χ3v) is 12.2. The van der Waals surface area contributed by atoms with E-state index in [0.717, 1.165) is 51.6 Å². The van der Waals surface area contributed by atoms with E-state index in [1.54, 1.807) is 0 Å². The van der Waals surface area contributed by atoms with E-state index in [4.69, 9.17) is 31.1 Å². The molecule has 0 atom stereocenters. The Balaban J connectivity index is 1.52. The van der Waals surface area contributed by atoms with Crippen molar-refractivity contribution in [1.29, 1.82) is 0 Å². The van der Waals surface area contributed by atoms with Crippen LogP contribution in [0, 0.1) is 6.57 Å². The Morgan fingerprint density at radius 1 is 0.915 bits per heavy atom. The molecule has 0 radical (unpaired) electrons. The molecule has 3 aromatic heterocycles. The maximum absolute atomic E-state index is 10.6. The average molecular weight is 671 g/mol. The van der Waals surface area contributed by atoms with Crippen LogP contribution in [0.5, 0.6) is 0 Å². The number of hydrogen-bond donors (Lipinski definition) is 1. The van der Waals surface area contributed by atoms with Crippen molar-refractivity contribution in [2.75, 3.05) is 31.6 Å². The van der Waals surface area contributed by atoms with Crippen molar-refractivity contribution < 1.29 is 14.6 Å². The van der Waals surface area contributed by atoms with E-state index >= 15 is 0 Å². The third-order valence-electron chi connectivity index (χ3n) is 8.84. The van der Waals surface area contributed by atoms with Crippen LogP contribution in [0.25, 0.3) is 32.9 Å². The van der Waals surface area contributed by atoms with Gasteiger partial charge in [0.05, 0.1) is 24.7 Å². The molecule has 47 heavy (non-hydrogen) atoms. The largest absolute Gasteiger partial charge is 0.361 e. The van der Waals surface area contributed by atoms with Crippen LogP contribution in [-0.4, -0.2) is 73.2 Å². The molecule has 1 saturated carbocycles. The fourth-order valence-electron chi connectivity index (χ4n) is 5.70. The lowest BCUT2D eigenvalue weighted by Gasteiger charge is -2.29. The molecular weight excluding hydrogens is 621 g/mol. The molecule has 4 aromatic rings. The highest BCUT2D eigenvalue weighted by Gasteiger charge is 2.40. The monoisotopic (exact) mass is 670 g/mol. The van der Waals surface area contributed by atoms with Crippen LogP contribution >= 0.6 is 0 Å². The average Bonchev–Trinajstić information content (AvgIpc) is 3.48. The minimum Gasteiger partial charge on any atom is -0.361 e. The van der Waals surface area contributed by atoms with Crippen molar-refractivity contribution in [1.82, 2.24) is 19.6 Å². The first-order chi connectivity index (χ1) is 22.3. The van der Waals surface area contributed by atoms with E-state index in [2.05, 4.69) is 73.3 Å². The van der Waals surface area contributed by atoms with Gasteiger partial charge < -0.3 is 19.5 Å². The molecule has 1 N–H and O–H groups in total. The first-order valence-electron chi connectivity index (χ1n) is 16.8. The molecule has 0 bridgehead atoms. The van der Waals surface area contributed by atoms with Crippen LogP contribution < -0.4 is 4.90 Å². The second-order valence-electron chi connectivity index (χ2n) is 15.2. The van der Waals surface area contributed by atoms with Crippen molar-refractivity contribution in [3.63, 3.8) is 0 Å². The third kappa shape index (κ3) is 9.36. The van der Waals surface area contributed by atoms with Crippen molar-refractivity contribution in [3.8, 4) is 22.4 Å². The van der Waals surface area contributed by atoms with Gasteiger partial charge in [-0.2, -0.15) is 9.61 Å². The highest BCUT2D eigenvalue weighted by atomic mass is 28.3. The Morgan fingerprint density at radius 2 is 1.55 bits per heavy atom. The lowest BCUT2D eigenvalue weighted by molar-refractivity contribution is 0.0425. The standard InChI is InChI=1S/C36H50N6O3Si2/c1-37-36(43)17-15-29(16-18-36)33-23-34(41(26-44-19-21-46(2,3)4)27-45-20-22-47(5,6)7)42-35(40-33)31(25-39-42)30-13-14-32(38-24-30)28-11-9-8-10-12-28/h8-14,23-25,29,43H,15-22,26-27H2,2-7H3. The molecule has 1 aromatic carbocycles. The second-order valence-corrected chi connectivity index (χ2v) is 26.5. The Hall–Kier alpha value is -3.41. The number of fused-ring (bicyclic) bond motifs is 1. The van der Waals surface area contributed by atoms with Gasteiger partial charge in [-0.3, -0.25) is 9.83 Å². The van der Waals surface area contributed by atoms with Crippen molar-refractivity contribution in [2.45, 2.75) is 88.7 Å². The lowest BCUT2D eigenvalue weighted by Crippen LogP contribution is -2.33. The van der Waals surface area contributed by atoms with Crippen LogP contribution in [0.1, 0.15) is 37.3 Å². The van der Waals surface area contributed by atoms with Gasteiger partial charge in [0.2, 0.25) is 0 Å². The molecule has 0 aliphatic heterocycles. The number of rotatable bonds is 14. The Morgan fingerprint density at radius 3 is 2.11 bits per heavy atom. The summed E-state index contributed by atoms with van der Waals surface area (Å²) in [6.45, 7) is 23.8. The Bertz CT molecular complexity index is 1630. The number of ether oxygens (including phenoxy) is 2. The summed E-state index contributed by atoms with van der Waals surface area (Å²) in [7, 11) is -2.51. The van der Waals surface area contributed by atoms with E-state index in [1.807, 2.05) is 41.2 Å². The van der Waals surface area contributed by atoms with Gasteiger partial charge in [0, 0.05) is 69.9 Å². The predicted molar refractivity (Wildman–Crippen MR) is 195 cm³/mol. The smallest absolute Gasteiger partial charge is 0.334 e. The number of aromatic nitrogens is 4. The summed E-state index contributed by atoms with van der Waals surface area (Å²) in [6.07, 6.45) is 6.01. The Kier molecular flexibility index (Phi) is 11.0. The fraction of sp³-hybridized carbons (Fsp3) is 0.500. The summed E-state index contributed by atoms with van der Waals surface area (Å²) in [6, 6.07) is 18.5. The van der Waals surface area contributed by atoms with Gasteiger partial charge in [-0.25, -0.2) is 11.6 Å². The quantitative estimate of drug-likeness (QED) is 0.0627. The van der Waals surface area contributed by atoms with Gasteiger partial charge in [-0.15, -0.1) is 0 Å². The number of benzene rings is 1. The second kappa shape index (κ2) is 14.8. The number of anilines is 1. The topological polar surface area (TPSA) is 89.4 Å². The molecule has 3 heterocycles. The van der Waals surface area contributed by atoms with Crippen molar-refractivity contribution >= 4 is 27.6 Å². The molecule has 0 spiro atoms. The molecular formula is C36H50N6O3Si2. The van der Waals surface area contributed by atoms with Crippen LogP contribution in [0.4, 0.5) is 5.82 Å². The summed E-state index contributed by atoms with van der Waals surface area (Å²) in [5, 5.41) is 15.5. The summed E-state index contributed by atoms with van der Waals surface area (Å²) in [5.74, 6) is 0.974. The van der Waals surface area contributed by atoms with Gasteiger partial charge >= 0.3 is 5.72 Å². The zero-order valence-electron chi connectivity index (χ0n) is 28.9. The number of aliphatic hydroxyl groups is 1. The molecule has 11 heteroatoms. The maximum atomic E-state index is 10.6. The summed E-state index contributed by atoms with van der Waals surface area (Å²) >= 11 is 0.